The van der Waals surface area contributed by atoms with Crippen LogP contribution >= 0.6 is 23.2 Å². The number of para-hydroxylation sites is 1. The average molecular weight is 531 g/mol. The smallest absolute Gasteiger partial charge is 0.411 e. The van der Waals surface area contributed by atoms with Crippen LogP contribution in [0.4, 0.5) is 27.5 Å². The summed E-state index contributed by atoms with van der Waals surface area (Å²) in [5.41, 5.74) is 13.8. The quantitative estimate of drug-likeness (QED) is 0.157. The Labute approximate surface area is 224 Å². The van der Waals surface area contributed by atoms with Crippen molar-refractivity contribution in [3.63, 3.8) is 0 Å². The molecule has 0 fully saturated rings. The molecule has 0 spiro atoms. The van der Waals surface area contributed by atoms with Gasteiger partial charge in [0.25, 0.3) is 0 Å². The second-order valence-electron chi connectivity index (χ2n) is 8.86. The highest BCUT2D eigenvalue weighted by Gasteiger charge is 2.13. The normalized spacial score (nSPS) is 11.0. The lowest BCUT2D eigenvalue weighted by Gasteiger charge is -2.16. The fraction of sp³-hybridized carbons (Fsp3) is 0.103. The van der Waals surface area contributed by atoms with E-state index in [4.69, 9.17) is 38.7 Å². The first-order chi connectivity index (χ1) is 17.8. The van der Waals surface area contributed by atoms with Crippen molar-refractivity contribution in [3.8, 4) is 0 Å². The topological polar surface area (TPSA) is 89.3 Å². The van der Waals surface area contributed by atoms with E-state index in [1.165, 1.54) is 5.56 Å². The zero-order valence-electron chi connectivity index (χ0n) is 20.2. The molecule has 0 radical (unpaired) electrons. The molecule has 1 heterocycles. The number of hydrogen-bond acceptors (Lipinski definition) is 5. The summed E-state index contributed by atoms with van der Waals surface area (Å²) >= 11 is 12.0. The van der Waals surface area contributed by atoms with Crippen LogP contribution in [0.5, 0.6) is 0 Å². The third-order valence-corrected chi connectivity index (χ3v) is 6.58. The van der Waals surface area contributed by atoms with Crippen molar-refractivity contribution in [2.45, 2.75) is 20.5 Å². The van der Waals surface area contributed by atoms with E-state index in [1.54, 1.807) is 24.3 Å². The van der Waals surface area contributed by atoms with Gasteiger partial charge >= 0.3 is 6.09 Å². The molecule has 4 N–H and O–H groups in total. The molecule has 6 nitrogen and oxygen atoms in total. The summed E-state index contributed by atoms with van der Waals surface area (Å²) in [4.78, 5) is 17.3. The van der Waals surface area contributed by atoms with Gasteiger partial charge in [-0.1, -0.05) is 53.5 Å². The number of nitrogens with one attached hydrogen (secondary N) is 2. The molecule has 0 aliphatic heterocycles. The molecule has 0 bridgehead atoms. The minimum absolute atomic E-state index is 0.0238. The second kappa shape index (κ2) is 10.2. The number of nitrogens with zero attached hydrogens (tertiary/aromatic N) is 1. The molecule has 37 heavy (non-hydrogen) atoms. The number of fused-ring (bicyclic) bond motifs is 2. The summed E-state index contributed by atoms with van der Waals surface area (Å²) in [5, 5.41) is 9.02. The van der Waals surface area contributed by atoms with Crippen molar-refractivity contribution in [2.75, 3.05) is 16.4 Å². The van der Waals surface area contributed by atoms with Crippen LogP contribution < -0.4 is 16.4 Å². The predicted molar refractivity (Wildman–Crippen MR) is 153 cm³/mol. The zero-order chi connectivity index (χ0) is 26.1. The summed E-state index contributed by atoms with van der Waals surface area (Å²) in [6.07, 6.45) is -0.632. The molecule has 4 aromatic carbocycles. The molecular formula is C29H24Cl2N4O2. The maximum absolute atomic E-state index is 12.3. The molecule has 8 heteroatoms. The average Bonchev–Trinajstić information content (AvgIpc) is 2.84. The zero-order valence-corrected chi connectivity index (χ0v) is 21.7. The van der Waals surface area contributed by atoms with Crippen LogP contribution in [0.15, 0.2) is 72.8 Å². The van der Waals surface area contributed by atoms with Gasteiger partial charge in [-0.15, -0.1) is 0 Å². The number of anilines is 4. The van der Waals surface area contributed by atoms with Crippen LogP contribution in [-0.4, -0.2) is 11.1 Å². The van der Waals surface area contributed by atoms with Crippen LogP contribution in [0.2, 0.25) is 10.0 Å². The highest BCUT2D eigenvalue weighted by Crippen LogP contribution is 2.35. The number of carbonyl (C=O) groups is 1. The third-order valence-electron chi connectivity index (χ3n) is 6.14. The number of halogens is 2. The van der Waals surface area contributed by atoms with Gasteiger partial charge in [0.15, 0.2) is 0 Å². The number of benzene rings is 4. The summed E-state index contributed by atoms with van der Waals surface area (Å²) < 4.78 is 5.41. The Hall–Kier alpha value is -4.00. The molecule has 0 saturated carbocycles. The Morgan fingerprint density at radius 2 is 1.68 bits per heavy atom. The van der Waals surface area contributed by atoms with Gasteiger partial charge < -0.3 is 15.8 Å². The monoisotopic (exact) mass is 530 g/mol. The number of amides is 1. The van der Waals surface area contributed by atoms with Gasteiger partial charge in [0.05, 0.1) is 16.7 Å². The van der Waals surface area contributed by atoms with Crippen LogP contribution in [0, 0.1) is 13.8 Å². The Morgan fingerprint density at radius 1 is 0.919 bits per heavy atom. The van der Waals surface area contributed by atoms with Crippen molar-refractivity contribution in [1.29, 1.82) is 0 Å². The van der Waals surface area contributed by atoms with Gasteiger partial charge in [0.1, 0.15) is 6.61 Å². The minimum Gasteiger partial charge on any atom is -0.444 e. The van der Waals surface area contributed by atoms with Crippen molar-refractivity contribution < 1.29 is 9.53 Å². The molecule has 186 valence electrons. The van der Waals surface area contributed by atoms with Crippen molar-refractivity contribution >= 4 is 73.9 Å². The molecular weight excluding hydrogens is 507 g/mol. The molecule has 5 aromatic rings. The first-order valence-electron chi connectivity index (χ1n) is 11.6. The van der Waals surface area contributed by atoms with Crippen LogP contribution in [-0.2, 0) is 11.3 Å². The summed E-state index contributed by atoms with van der Waals surface area (Å²) in [6, 6.07) is 22.5. The Bertz CT molecular complexity index is 1650. The van der Waals surface area contributed by atoms with E-state index in [0.717, 1.165) is 44.3 Å². The molecule has 0 atom stereocenters. The van der Waals surface area contributed by atoms with Crippen molar-refractivity contribution in [3.05, 3.63) is 99.5 Å². The Morgan fingerprint density at radius 3 is 2.46 bits per heavy atom. The number of rotatable bonds is 5. The molecule has 1 aromatic heterocycles. The molecule has 0 saturated heterocycles. The van der Waals surface area contributed by atoms with E-state index in [9.17, 15) is 4.79 Å². The second-order valence-corrected chi connectivity index (χ2v) is 9.73. The number of aromatic nitrogens is 1. The van der Waals surface area contributed by atoms with Gasteiger partial charge in [-0.3, -0.25) is 5.32 Å². The van der Waals surface area contributed by atoms with Crippen LogP contribution in [0.1, 0.15) is 16.7 Å². The van der Waals surface area contributed by atoms with Gasteiger partial charge in [0.2, 0.25) is 0 Å². The Kier molecular flexibility index (Phi) is 6.78. The Balaban J connectivity index is 1.42. The minimum atomic E-state index is -0.632. The standard InChI is InChI=1S/C29H24Cl2N4O2/c1-16-7-8-25-27(17(16)2)35-26-6-4-3-5-24(26)28(25)33-22-10-18(9-21(32)14-22)15-37-29(36)34-23-12-19(30)11-20(31)13-23/h3-14H,15,32H2,1-2H3,(H,33,35)(H,34,36). The van der Waals surface area contributed by atoms with Gasteiger partial charge in [-0.25, -0.2) is 9.78 Å². The first-order valence-corrected chi connectivity index (χ1v) is 12.4. The molecule has 0 unspecified atom stereocenters. The molecule has 0 aliphatic rings. The van der Waals surface area contributed by atoms with Gasteiger partial charge in [0, 0.05) is 37.9 Å². The van der Waals surface area contributed by atoms with E-state index in [0.29, 0.717) is 21.4 Å². The lowest BCUT2D eigenvalue weighted by atomic mass is 10.0. The lowest BCUT2D eigenvalue weighted by Crippen LogP contribution is -2.13. The van der Waals surface area contributed by atoms with E-state index in [-0.39, 0.29) is 6.61 Å². The first kappa shape index (κ1) is 24.7. The summed E-state index contributed by atoms with van der Waals surface area (Å²) in [5.74, 6) is 0. The van der Waals surface area contributed by atoms with Crippen molar-refractivity contribution in [2.24, 2.45) is 0 Å². The van der Waals surface area contributed by atoms with E-state index in [2.05, 4.69) is 36.6 Å². The lowest BCUT2D eigenvalue weighted by molar-refractivity contribution is 0.155. The van der Waals surface area contributed by atoms with Crippen LogP contribution in [0.25, 0.3) is 21.8 Å². The summed E-state index contributed by atoms with van der Waals surface area (Å²) in [7, 11) is 0. The van der Waals surface area contributed by atoms with Crippen molar-refractivity contribution in [1.82, 2.24) is 4.98 Å². The maximum Gasteiger partial charge on any atom is 0.411 e. The maximum atomic E-state index is 12.3. The largest absolute Gasteiger partial charge is 0.444 e. The number of pyridine rings is 1. The molecule has 5 rings (SSSR count). The number of carbonyl (C=O) groups excluding carboxylic acids is 1. The summed E-state index contributed by atoms with van der Waals surface area (Å²) in [6.45, 7) is 4.19. The SMILES string of the molecule is Cc1ccc2c(Nc3cc(N)cc(COC(=O)Nc4cc(Cl)cc(Cl)c4)c3)c3ccccc3nc2c1C. The van der Waals surface area contributed by atoms with E-state index < -0.39 is 6.09 Å². The number of nitrogen functional groups attached to an aromatic ring is 1. The van der Waals surface area contributed by atoms with E-state index >= 15 is 0 Å². The van der Waals surface area contributed by atoms with Gasteiger partial charge in [-0.2, -0.15) is 0 Å². The number of hydrogen-bond donors (Lipinski definition) is 3. The fourth-order valence-electron chi connectivity index (χ4n) is 4.28. The van der Waals surface area contributed by atoms with E-state index in [1.807, 2.05) is 36.4 Å². The van der Waals surface area contributed by atoms with Gasteiger partial charge in [-0.05, 0) is 73.0 Å². The molecule has 0 aliphatic carbocycles. The number of nitrogens with two attached hydrogens (primary N) is 1. The third kappa shape index (κ3) is 5.40. The highest BCUT2D eigenvalue weighted by atomic mass is 35.5. The fourth-order valence-corrected chi connectivity index (χ4v) is 4.80. The molecule has 1 amide bonds. The van der Waals surface area contributed by atoms with Crippen LogP contribution in [0.3, 0.4) is 0 Å². The number of ether oxygens (including phenoxy) is 1. The predicted octanol–water partition coefficient (Wildman–Crippen LogP) is 8.39. The highest BCUT2D eigenvalue weighted by molar-refractivity contribution is 6.35. The number of aryl methyl sites for hydroxylation is 2.